The maximum Gasteiger partial charge on any atom is 0.416 e. The third kappa shape index (κ3) is 3.79. The van der Waals surface area contributed by atoms with Gasteiger partial charge in [0.15, 0.2) is 0 Å². The van der Waals surface area contributed by atoms with E-state index in [4.69, 9.17) is 5.26 Å². The average molecular weight is 308 g/mol. The Hall–Kier alpha value is -2.49. The van der Waals surface area contributed by atoms with Crippen molar-refractivity contribution in [1.82, 2.24) is 9.55 Å². The van der Waals surface area contributed by atoms with E-state index in [0.717, 1.165) is 25.1 Å². The summed E-state index contributed by atoms with van der Waals surface area (Å²) in [6, 6.07) is 5.07. The third-order valence-electron chi connectivity index (χ3n) is 3.32. The molecule has 7 heteroatoms. The van der Waals surface area contributed by atoms with Crippen LogP contribution in [0.25, 0.3) is 0 Å². The molecule has 0 saturated carbocycles. The molecule has 2 rings (SSSR count). The van der Waals surface area contributed by atoms with Crippen molar-refractivity contribution in [3.8, 4) is 6.07 Å². The van der Waals surface area contributed by atoms with Crippen LogP contribution in [-0.4, -0.2) is 23.1 Å². The number of alkyl halides is 3. The van der Waals surface area contributed by atoms with Crippen molar-refractivity contribution in [2.24, 2.45) is 0 Å². The van der Waals surface area contributed by atoms with Crippen LogP contribution in [-0.2, 0) is 12.7 Å². The van der Waals surface area contributed by atoms with Gasteiger partial charge in [0.2, 0.25) is 0 Å². The van der Waals surface area contributed by atoms with E-state index in [-0.39, 0.29) is 5.56 Å². The van der Waals surface area contributed by atoms with Gasteiger partial charge in [-0.05, 0) is 24.6 Å². The normalized spacial score (nSPS) is 11.2. The Morgan fingerprint density at radius 2 is 2.14 bits per heavy atom. The number of halogens is 3. The molecule has 0 unspecified atom stereocenters. The Morgan fingerprint density at radius 1 is 1.36 bits per heavy atom. The molecule has 0 bridgehead atoms. The molecule has 1 aromatic heterocycles. The van der Waals surface area contributed by atoms with E-state index in [2.05, 4.69) is 4.98 Å². The van der Waals surface area contributed by atoms with E-state index in [1.165, 1.54) is 6.07 Å². The molecule has 0 saturated heterocycles. The first-order valence-electron chi connectivity index (χ1n) is 6.70. The number of hydrogen-bond donors (Lipinski definition) is 0. The van der Waals surface area contributed by atoms with Crippen LogP contribution >= 0.6 is 0 Å². The molecule has 0 atom stereocenters. The lowest BCUT2D eigenvalue weighted by molar-refractivity contribution is -0.137. The minimum absolute atomic E-state index is 0.0277. The largest absolute Gasteiger partial charge is 0.416 e. The van der Waals surface area contributed by atoms with Crippen LogP contribution < -0.4 is 4.90 Å². The highest BCUT2D eigenvalue weighted by molar-refractivity contribution is 5.60. The van der Waals surface area contributed by atoms with Crippen LogP contribution in [0.1, 0.15) is 17.5 Å². The molecule has 0 aliphatic heterocycles. The van der Waals surface area contributed by atoms with Crippen molar-refractivity contribution >= 4 is 5.69 Å². The summed E-state index contributed by atoms with van der Waals surface area (Å²) in [5.41, 5.74) is -0.277. The topological polar surface area (TPSA) is 44.9 Å². The minimum Gasteiger partial charge on any atom is -0.373 e. The Morgan fingerprint density at radius 3 is 2.73 bits per heavy atom. The fourth-order valence-corrected chi connectivity index (χ4v) is 2.16. The van der Waals surface area contributed by atoms with Gasteiger partial charge in [-0.2, -0.15) is 18.4 Å². The molecule has 1 heterocycles. The Kier molecular flexibility index (Phi) is 4.71. The van der Waals surface area contributed by atoms with Crippen LogP contribution in [0.5, 0.6) is 0 Å². The first kappa shape index (κ1) is 15.9. The Balaban J connectivity index is 2.05. The molecule has 22 heavy (non-hydrogen) atoms. The van der Waals surface area contributed by atoms with Crippen molar-refractivity contribution in [2.45, 2.75) is 19.1 Å². The number of imidazole rings is 1. The van der Waals surface area contributed by atoms with Gasteiger partial charge in [-0.1, -0.05) is 0 Å². The van der Waals surface area contributed by atoms with Gasteiger partial charge in [-0.25, -0.2) is 4.98 Å². The molecule has 0 fully saturated rings. The van der Waals surface area contributed by atoms with E-state index in [1.54, 1.807) is 24.5 Å². The predicted octanol–water partition coefficient (Wildman–Crippen LogP) is 3.30. The highest BCUT2D eigenvalue weighted by atomic mass is 19.4. The van der Waals surface area contributed by atoms with E-state index in [9.17, 15) is 13.2 Å². The lowest BCUT2D eigenvalue weighted by atomic mass is 10.1. The lowest BCUT2D eigenvalue weighted by Crippen LogP contribution is -2.21. The Labute approximate surface area is 126 Å². The summed E-state index contributed by atoms with van der Waals surface area (Å²) >= 11 is 0. The second-order valence-electron chi connectivity index (χ2n) is 4.92. The molecule has 2 aromatic rings. The van der Waals surface area contributed by atoms with Gasteiger partial charge >= 0.3 is 6.18 Å². The smallest absolute Gasteiger partial charge is 0.373 e. The first-order valence-corrected chi connectivity index (χ1v) is 6.70. The number of hydrogen-bond acceptors (Lipinski definition) is 3. The van der Waals surface area contributed by atoms with Crippen LogP contribution in [0, 0.1) is 11.3 Å². The molecular formula is C15H15F3N4. The highest BCUT2D eigenvalue weighted by Gasteiger charge is 2.31. The van der Waals surface area contributed by atoms with E-state index < -0.39 is 11.7 Å². The molecule has 0 aliphatic rings. The lowest BCUT2D eigenvalue weighted by Gasteiger charge is -2.21. The fraction of sp³-hybridized carbons (Fsp3) is 0.333. The molecule has 0 spiro atoms. The third-order valence-corrected chi connectivity index (χ3v) is 3.32. The summed E-state index contributed by atoms with van der Waals surface area (Å²) in [7, 11) is 1.76. The first-order chi connectivity index (χ1) is 10.4. The van der Waals surface area contributed by atoms with Gasteiger partial charge in [0.25, 0.3) is 0 Å². The molecule has 116 valence electrons. The molecule has 4 nitrogen and oxygen atoms in total. The standard InChI is InChI=1S/C15H15F3N4/c1-21(6-2-7-22-8-5-20-11-22)14-4-3-13(15(16,17)18)9-12(14)10-19/h3-5,8-9,11H,2,6-7H2,1H3. The van der Waals surface area contributed by atoms with Gasteiger partial charge in [0, 0.05) is 32.5 Å². The molecule has 1 aromatic carbocycles. The van der Waals surface area contributed by atoms with Crippen molar-refractivity contribution in [2.75, 3.05) is 18.5 Å². The van der Waals surface area contributed by atoms with Crippen molar-refractivity contribution in [3.05, 3.63) is 48.0 Å². The number of aromatic nitrogens is 2. The maximum atomic E-state index is 12.7. The highest BCUT2D eigenvalue weighted by Crippen LogP contribution is 2.32. The van der Waals surface area contributed by atoms with Crippen LogP contribution in [0.3, 0.4) is 0 Å². The summed E-state index contributed by atoms with van der Waals surface area (Å²) in [5, 5.41) is 9.08. The summed E-state index contributed by atoms with van der Waals surface area (Å²) in [6.07, 6.45) is 1.59. The van der Waals surface area contributed by atoms with Crippen LogP contribution in [0.4, 0.5) is 18.9 Å². The number of nitriles is 1. The number of rotatable bonds is 5. The Bertz CT molecular complexity index is 656. The summed E-state index contributed by atoms with van der Waals surface area (Å²) in [6.45, 7) is 1.38. The molecule has 0 amide bonds. The second kappa shape index (κ2) is 6.52. The fourth-order valence-electron chi connectivity index (χ4n) is 2.16. The van der Waals surface area contributed by atoms with Crippen LogP contribution in [0.2, 0.25) is 0 Å². The zero-order valence-corrected chi connectivity index (χ0v) is 12.0. The van der Waals surface area contributed by atoms with E-state index in [0.29, 0.717) is 12.2 Å². The molecule has 0 aliphatic carbocycles. The number of aryl methyl sites for hydroxylation is 1. The number of nitrogens with zero attached hydrogens (tertiary/aromatic N) is 4. The zero-order chi connectivity index (χ0) is 16.2. The quantitative estimate of drug-likeness (QED) is 0.851. The van der Waals surface area contributed by atoms with Gasteiger partial charge in [-0.15, -0.1) is 0 Å². The SMILES string of the molecule is CN(CCCn1ccnc1)c1ccc(C(F)(F)F)cc1C#N. The number of anilines is 1. The van der Waals surface area contributed by atoms with Gasteiger partial charge in [0.1, 0.15) is 6.07 Å². The van der Waals surface area contributed by atoms with Gasteiger partial charge in [0.05, 0.1) is 23.1 Å². The van der Waals surface area contributed by atoms with Gasteiger partial charge < -0.3 is 9.47 Å². The monoisotopic (exact) mass is 308 g/mol. The van der Waals surface area contributed by atoms with Crippen molar-refractivity contribution < 1.29 is 13.2 Å². The summed E-state index contributed by atoms with van der Waals surface area (Å²) in [4.78, 5) is 5.73. The van der Waals surface area contributed by atoms with E-state index >= 15 is 0 Å². The van der Waals surface area contributed by atoms with E-state index in [1.807, 2.05) is 16.8 Å². The number of benzene rings is 1. The molecule has 0 N–H and O–H groups in total. The predicted molar refractivity (Wildman–Crippen MR) is 76.3 cm³/mol. The zero-order valence-electron chi connectivity index (χ0n) is 12.0. The van der Waals surface area contributed by atoms with Crippen LogP contribution in [0.15, 0.2) is 36.9 Å². The van der Waals surface area contributed by atoms with Crippen molar-refractivity contribution in [1.29, 1.82) is 5.26 Å². The molecule has 0 radical (unpaired) electrons. The maximum absolute atomic E-state index is 12.7. The molecular weight excluding hydrogens is 293 g/mol. The van der Waals surface area contributed by atoms with Gasteiger partial charge in [-0.3, -0.25) is 0 Å². The van der Waals surface area contributed by atoms with Crippen molar-refractivity contribution in [3.63, 3.8) is 0 Å². The second-order valence-corrected chi connectivity index (χ2v) is 4.92. The summed E-state index contributed by atoms with van der Waals surface area (Å²) < 4.78 is 39.9. The average Bonchev–Trinajstić information content (AvgIpc) is 2.98. The summed E-state index contributed by atoms with van der Waals surface area (Å²) in [5.74, 6) is 0. The minimum atomic E-state index is -4.44.